The molecule has 3 rings (SSSR count). The molecule has 2 heterocycles. The highest BCUT2D eigenvalue weighted by Crippen LogP contribution is 2.33. The van der Waals surface area contributed by atoms with Crippen LogP contribution in [0.15, 0.2) is 18.2 Å². The molecule has 0 spiro atoms. The standard InChI is InChI=1S/C17H24N2O4/c1-13-3-2-4-16(17(13)19(20)21)18-8-5-15(6-9-18)23-12-14-7-10-22-11-14/h2-4,14-15H,5-12H2,1H3. The number of anilines is 1. The maximum atomic E-state index is 11.3. The third kappa shape index (κ3) is 3.82. The number of ether oxygens (including phenoxy) is 2. The van der Waals surface area contributed by atoms with Crippen LogP contribution < -0.4 is 4.90 Å². The van der Waals surface area contributed by atoms with Crippen LogP contribution in [0.3, 0.4) is 0 Å². The molecule has 2 saturated heterocycles. The molecule has 0 amide bonds. The lowest BCUT2D eigenvalue weighted by Crippen LogP contribution is -2.38. The highest BCUT2D eigenvalue weighted by atomic mass is 16.6. The van der Waals surface area contributed by atoms with E-state index < -0.39 is 0 Å². The van der Waals surface area contributed by atoms with Gasteiger partial charge >= 0.3 is 0 Å². The molecule has 6 heteroatoms. The Morgan fingerprint density at radius 3 is 2.78 bits per heavy atom. The molecular formula is C17H24N2O4. The molecule has 1 aromatic carbocycles. The molecule has 6 nitrogen and oxygen atoms in total. The molecule has 1 unspecified atom stereocenters. The molecule has 1 aromatic rings. The van der Waals surface area contributed by atoms with E-state index in [4.69, 9.17) is 9.47 Å². The predicted octanol–water partition coefficient (Wildman–Crippen LogP) is 2.93. The van der Waals surface area contributed by atoms with E-state index in [2.05, 4.69) is 4.90 Å². The highest BCUT2D eigenvalue weighted by Gasteiger charge is 2.27. The van der Waals surface area contributed by atoms with Gasteiger partial charge in [-0.2, -0.15) is 0 Å². The van der Waals surface area contributed by atoms with Gasteiger partial charge in [-0.15, -0.1) is 0 Å². The topological polar surface area (TPSA) is 64.8 Å². The lowest BCUT2D eigenvalue weighted by atomic mass is 10.0. The number of benzene rings is 1. The fourth-order valence-corrected chi connectivity index (χ4v) is 3.39. The summed E-state index contributed by atoms with van der Waals surface area (Å²) in [5.74, 6) is 0.533. The minimum Gasteiger partial charge on any atom is -0.381 e. The summed E-state index contributed by atoms with van der Waals surface area (Å²) in [5.41, 5.74) is 1.68. The maximum Gasteiger partial charge on any atom is 0.295 e. The van der Waals surface area contributed by atoms with Crippen molar-refractivity contribution in [2.24, 2.45) is 5.92 Å². The van der Waals surface area contributed by atoms with E-state index in [9.17, 15) is 10.1 Å². The number of para-hydroxylation sites is 1. The second-order valence-corrected chi connectivity index (χ2v) is 6.45. The molecule has 2 aliphatic heterocycles. The first kappa shape index (κ1) is 16.2. The summed E-state index contributed by atoms with van der Waals surface area (Å²) in [6, 6.07) is 5.53. The van der Waals surface area contributed by atoms with Crippen molar-refractivity contribution in [3.63, 3.8) is 0 Å². The van der Waals surface area contributed by atoms with Gasteiger partial charge in [-0.3, -0.25) is 10.1 Å². The van der Waals surface area contributed by atoms with Crippen molar-refractivity contribution in [2.75, 3.05) is 37.8 Å². The Kier molecular flexibility index (Phi) is 5.13. The number of piperidine rings is 1. The van der Waals surface area contributed by atoms with Gasteiger partial charge < -0.3 is 14.4 Å². The van der Waals surface area contributed by atoms with Crippen LogP contribution >= 0.6 is 0 Å². The summed E-state index contributed by atoms with van der Waals surface area (Å²) in [5, 5.41) is 11.3. The molecule has 23 heavy (non-hydrogen) atoms. The van der Waals surface area contributed by atoms with Gasteiger partial charge in [0, 0.05) is 31.2 Å². The average molecular weight is 320 g/mol. The Morgan fingerprint density at radius 2 is 2.13 bits per heavy atom. The summed E-state index contributed by atoms with van der Waals surface area (Å²) in [4.78, 5) is 13.2. The minimum absolute atomic E-state index is 0.231. The maximum absolute atomic E-state index is 11.3. The zero-order chi connectivity index (χ0) is 16.2. The molecular weight excluding hydrogens is 296 g/mol. The summed E-state index contributed by atoms with van der Waals surface area (Å²) in [6.07, 6.45) is 3.18. The Bertz CT molecular complexity index is 550. The first-order valence-corrected chi connectivity index (χ1v) is 8.33. The molecule has 0 aliphatic carbocycles. The molecule has 0 radical (unpaired) electrons. The Balaban J connectivity index is 1.56. The first-order valence-electron chi connectivity index (χ1n) is 8.33. The summed E-state index contributed by atoms with van der Waals surface area (Å²) < 4.78 is 11.4. The van der Waals surface area contributed by atoms with Gasteiger partial charge in [-0.25, -0.2) is 0 Å². The molecule has 126 valence electrons. The SMILES string of the molecule is Cc1cccc(N2CCC(OCC3CCOC3)CC2)c1[N+](=O)[O-]. The number of nitro benzene ring substituents is 1. The van der Waals surface area contributed by atoms with Crippen molar-refractivity contribution in [1.82, 2.24) is 0 Å². The Hall–Kier alpha value is -1.66. The molecule has 0 bridgehead atoms. The van der Waals surface area contributed by atoms with Crippen LogP contribution in [0, 0.1) is 23.0 Å². The number of nitrogens with zero attached hydrogens (tertiary/aromatic N) is 2. The smallest absolute Gasteiger partial charge is 0.295 e. The van der Waals surface area contributed by atoms with Crippen LogP contribution in [0.25, 0.3) is 0 Å². The number of rotatable bonds is 5. The van der Waals surface area contributed by atoms with Crippen LogP contribution in [-0.4, -0.2) is 43.9 Å². The second-order valence-electron chi connectivity index (χ2n) is 6.45. The molecule has 0 aromatic heterocycles. The summed E-state index contributed by atoms with van der Waals surface area (Å²) in [6.45, 7) is 5.83. The van der Waals surface area contributed by atoms with E-state index in [0.717, 1.165) is 57.9 Å². The summed E-state index contributed by atoms with van der Waals surface area (Å²) in [7, 11) is 0. The van der Waals surface area contributed by atoms with Gasteiger partial charge in [-0.1, -0.05) is 12.1 Å². The zero-order valence-corrected chi connectivity index (χ0v) is 13.6. The average Bonchev–Trinajstić information content (AvgIpc) is 3.06. The number of aryl methyl sites for hydroxylation is 1. The largest absolute Gasteiger partial charge is 0.381 e. The fourth-order valence-electron chi connectivity index (χ4n) is 3.39. The van der Waals surface area contributed by atoms with Crippen LogP contribution in [0.1, 0.15) is 24.8 Å². The summed E-state index contributed by atoms with van der Waals surface area (Å²) >= 11 is 0. The first-order chi connectivity index (χ1) is 11.1. The van der Waals surface area contributed by atoms with Gasteiger partial charge in [0.25, 0.3) is 5.69 Å². The minimum atomic E-state index is -0.270. The van der Waals surface area contributed by atoms with E-state index >= 15 is 0 Å². The molecule has 2 fully saturated rings. The quantitative estimate of drug-likeness (QED) is 0.616. The monoisotopic (exact) mass is 320 g/mol. The van der Waals surface area contributed by atoms with Gasteiger partial charge in [-0.05, 0) is 32.3 Å². The van der Waals surface area contributed by atoms with Gasteiger partial charge in [0.1, 0.15) is 5.69 Å². The third-order valence-electron chi connectivity index (χ3n) is 4.77. The molecule has 2 aliphatic rings. The van der Waals surface area contributed by atoms with Crippen LogP contribution in [0.5, 0.6) is 0 Å². The fraction of sp³-hybridized carbons (Fsp3) is 0.647. The third-order valence-corrected chi connectivity index (χ3v) is 4.77. The van der Waals surface area contributed by atoms with Crippen LogP contribution in [-0.2, 0) is 9.47 Å². The highest BCUT2D eigenvalue weighted by molar-refractivity contribution is 5.66. The van der Waals surface area contributed by atoms with Crippen molar-refractivity contribution >= 4 is 11.4 Å². The lowest BCUT2D eigenvalue weighted by molar-refractivity contribution is -0.384. The molecule has 0 N–H and O–H groups in total. The van der Waals surface area contributed by atoms with Crippen molar-refractivity contribution in [1.29, 1.82) is 0 Å². The van der Waals surface area contributed by atoms with Gasteiger partial charge in [0.05, 0.1) is 24.2 Å². The molecule has 0 saturated carbocycles. The second kappa shape index (κ2) is 7.27. The van der Waals surface area contributed by atoms with E-state index in [0.29, 0.717) is 11.5 Å². The number of hydrogen-bond donors (Lipinski definition) is 0. The lowest BCUT2D eigenvalue weighted by Gasteiger charge is -2.33. The van der Waals surface area contributed by atoms with Crippen LogP contribution in [0.2, 0.25) is 0 Å². The van der Waals surface area contributed by atoms with Crippen molar-refractivity contribution in [3.8, 4) is 0 Å². The van der Waals surface area contributed by atoms with Gasteiger partial charge in [0.2, 0.25) is 0 Å². The van der Waals surface area contributed by atoms with Crippen molar-refractivity contribution in [3.05, 3.63) is 33.9 Å². The predicted molar refractivity (Wildman–Crippen MR) is 87.9 cm³/mol. The van der Waals surface area contributed by atoms with E-state index in [1.165, 1.54) is 0 Å². The van der Waals surface area contributed by atoms with E-state index in [1.807, 2.05) is 12.1 Å². The van der Waals surface area contributed by atoms with Crippen molar-refractivity contribution < 1.29 is 14.4 Å². The zero-order valence-electron chi connectivity index (χ0n) is 13.6. The number of hydrogen-bond acceptors (Lipinski definition) is 5. The Labute approximate surface area is 136 Å². The Morgan fingerprint density at radius 1 is 1.35 bits per heavy atom. The normalized spacial score (nSPS) is 22.5. The van der Waals surface area contributed by atoms with Crippen molar-refractivity contribution in [2.45, 2.75) is 32.3 Å². The van der Waals surface area contributed by atoms with Gasteiger partial charge in [0.15, 0.2) is 0 Å². The number of nitro groups is 1. The van der Waals surface area contributed by atoms with E-state index in [-0.39, 0.29) is 16.7 Å². The van der Waals surface area contributed by atoms with Crippen LogP contribution in [0.4, 0.5) is 11.4 Å². The molecule has 1 atom stereocenters. The van der Waals surface area contributed by atoms with E-state index in [1.54, 1.807) is 13.0 Å².